The molecule has 0 aromatic rings. The first-order valence-corrected chi connectivity index (χ1v) is 3.39. The zero-order chi connectivity index (χ0) is 12.7. The molecule has 0 aliphatic rings. The molecule has 0 spiro atoms. The molecule has 1 amide bonds. The summed E-state index contributed by atoms with van der Waals surface area (Å²) < 4.78 is 0. The number of nitrogens with two attached hydrogens (primary N) is 3. The smallest absolute Gasteiger partial charge is 0.357 e. The van der Waals surface area contributed by atoms with Gasteiger partial charge < -0.3 is 31.3 Å². The minimum absolute atomic E-state index is 1.89. The van der Waals surface area contributed by atoms with Gasteiger partial charge in [-0.15, -0.1) is 0 Å². The third kappa shape index (κ3) is 1.77. The van der Waals surface area contributed by atoms with Gasteiger partial charge in [-0.2, -0.15) is 0 Å². The second-order valence-corrected chi connectivity index (χ2v) is 2.87. The molecule has 0 aliphatic carbocycles. The van der Waals surface area contributed by atoms with Crippen LogP contribution >= 0.6 is 0 Å². The van der Waals surface area contributed by atoms with Crippen molar-refractivity contribution in [3.05, 3.63) is 0 Å². The van der Waals surface area contributed by atoms with Crippen LogP contribution in [0.3, 0.4) is 0 Å². The molecule has 0 fully saturated rings. The normalized spacial score (nSPS) is 20.1. The average Bonchev–Trinajstić information content (AvgIpc) is 2.02. The van der Waals surface area contributed by atoms with Crippen molar-refractivity contribution in [2.75, 3.05) is 0 Å². The van der Waals surface area contributed by atoms with Crippen LogP contribution in [-0.4, -0.2) is 54.6 Å². The van der Waals surface area contributed by atoms with Crippen LogP contribution in [0.1, 0.15) is 0 Å². The van der Waals surface area contributed by atoms with Crippen LogP contribution < -0.4 is 17.2 Å². The van der Waals surface area contributed by atoms with Crippen molar-refractivity contribution in [1.29, 1.82) is 0 Å². The summed E-state index contributed by atoms with van der Waals surface area (Å²) in [6.07, 6.45) is 0. The number of carboxylic acid groups (broad SMARTS) is 1. The van der Waals surface area contributed by atoms with Crippen LogP contribution in [0.15, 0.2) is 0 Å². The Kier molecular flexibility index (Phi) is 3.08. The Balaban J connectivity index is 5.50. The first kappa shape index (κ1) is 13.7. The molecule has 0 aromatic heterocycles. The lowest BCUT2D eigenvalue weighted by atomic mass is 9.92. The summed E-state index contributed by atoms with van der Waals surface area (Å²) in [7, 11) is 0. The summed E-state index contributed by atoms with van der Waals surface area (Å²) in [6, 6.07) is 0. The Bertz CT molecular complexity index is 269. The van der Waals surface area contributed by atoms with Gasteiger partial charge in [0, 0.05) is 0 Å². The Hall–Kier alpha value is -1.30. The summed E-state index contributed by atoms with van der Waals surface area (Å²) in [5.74, 6) is -8.30. The molecule has 0 bridgehead atoms. The Morgan fingerprint density at radius 3 is 1.47 bits per heavy atom. The van der Waals surface area contributed by atoms with Crippen LogP contribution in [0.4, 0.5) is 0 Å². The van der Waals surface area contributed by atoms with Crippen LogP contribution in [-0.2, 0) is 9.59 Å². The van der Waals surface area contributed by atoms with Gasteiger partial charge in [0.1, 0.15) is 0 Å². The van der Waals surface area contributed by atoms with E-state index in [1.165, 1.54) is 0 Å². The highest BCUT2D eigenvalue weighted by atomic mass is 16.6. The van der Waals surface area contributed by atoms with Crippen LogP contribution in [0, 0.1) is 0 Å². The number of hydrogen-bond acceptors (Lipinski definition) is 8. The molecule has 0 aromatic carbocycles. The molecule has 0 saturated heterocycles. The number of carbonyl (C=O) groups excluding carboxylic acids is 1. The highest BCUT2D eigenvalue weighted by Crippen LogP contribution is 2.24. The van der Waals surface area contributed by atoms with E-state index in [1.54, 1.807) is 0 Å². The van der Waals surface area contributed by atoms with Gasteiger partial charge in [0.2, 0.25) is 0 Å². The first-order valence-electron chi connectivity index (χ1n) is 3.39. The summed E-state index contributed by atoms with van der Waals surface area (Å²) in [5, 5.41) is 44.3. The Morgan fingerprint density at radius 2 is 1.27 bits per heavy atom. The van der Waals surface area contributed by atoms with Gasteiger partial charge in [0.25, 0.3) is 23.1 Å². The number of amides is 1. The van der Waals surface area contributed by atoms with Crippen molar-refractivity contribution >= 4 is 11.9 Å². The number of primary amides is 1. The summed E-state index contributed by atoms with van der Waals surface area (Å²) in [6.45, 7) is 0. The molecule has 10 nitrogen and oxygen atoms in total. The summed E-state index contributed by atoms with van der Waals surface area (Å²) >= 11 is 0. The molecule has 2 atom stereocenters. The predicted molar refractivity (Wildman–Crippen MR) is 42.3 cm³/mol. The standard InChI is InChI=1S/C5H11N3O7/c6-1(9)3(7,12)5(14,15)4(8,13)2(10)11/h12-15H,7-8H2,(H2,6,9)(H,10,11). The number of aliphatic hydroxyl groups is 4. The summed E-state index contributed by atoms with van der Waals surface area (Å²) in [5.41, 5.74) is 6.24. The molecule has 0 rings (SSSR count). The van der Waals surface area contributed by atoms with Gasteiger partial charge >= 0.3 is 5.97 Å². The first-order chi connectivity index (χ1) is 6.39. The average molecular weight is 225 g/mol. The number of rotatable bonds is 4. The van der Waals surface area contributed by atoms with E-state index in [0.29, 0.717) is 0 Å². The topological polar surface area (TPSA) is 213 Å². The predicted octanol–water partition coefficient (Wildman–Crippen LogP) is -5.47. The van der Waals surface area contributed by atoms with Crippen LogP contribution in [0.25, 0.3) is 0 Å². The van der Waals surface area contributed by atoms with Crippen molar-refractivity contribution in [3.8, 4) is 0 Å². The highest BCUT2D eigenvalue weighted by molar-refractivity contribution is 5.87. The molecule has 2 unspecified atom stereocenters. The van der Waals surface area contributed by atoms with Gasteiger partial charge in [-0.05, 0) is 0 Å². The molecule has 88 valence electrons. The maximum atomic E-state index is 10.5. The SMILES string of the molecule is NC(=O)C(N)(O)C(O)(O)C(N)(O)C(=O)O. The van der Waals surface area contributed by atoms with E-state index in [9.17, 15) is 9.59 Å². The maximum absolute atomic E-state index is 10.5. The largest absolute Gasteiger partial charge is 0.478 e. The lowest BCUT2D eigenvalue weighted by molar-refractivity contribution is -0.331. The van der Waals surface area contributed by atoms with Crippen molar-refractivity contribution in [2.24, 2.45) is 17.2 Å². The fourth-order valence-corrected chi connectivity index (χ4v) is 0.611. The lowest BCUT2D eigenvalue weighted by Crippen LogP contribution is -2.81. The zero-order valence-electron chi connectivity index (χ0n) is 7.28. The molecule has 0 heterocycles. The van der Waals surface area contributed by atoms with Crippen LogP contribution in [0.5, 0.6) is 0 Å². The van der Waals surface area contributed by atoms with Gasteiger partial charge in [-0.3, -0.25) is 16.3 Å². The minimum atomic E-state index is -4.07. The zero-order valence-corrected chi connectivity index (χ0v) is 7.28. The minimum Gasteiger partial charge on any atom is -0.478 e. The number of aliphatic carboxylic acids is 1. The Labute approximate surface area is 82.5 Å². The second-order valence-electron chi connectivity index (χ2n) is 2.87. The third-order valence-electron chi connectivity index (χ3n) is 1.76. The van der Waals surface area contributed by atoms with E-state index in [0.717, 1.165) is 0 Å². The van der Waals surface area contributed by atoms with E-state index in [2.05, 4.69) is 17.2 Å². The quantitative estimate of drug-likeness (QED) is 0.214. The van der Waals surface area contributed by atoms with Crippen LogP contribution in [0.2, 0.25) is 0 Å². The molecule has 15 heavy (non-hydrogen) atoms. The molecular formula is C5H11N3O7. The second kappa shape index (κ2) is 3.37. The van der Waals surface area contributed by atoms with Gasteiger partial charge in [-0.25, -0.2) is 4.79 Å². The fourth-order valence-electron chi connectivity index (χ4n) is 0.611. The van der Waals surface area contributed by atoms with Gasteiger partial charge in [0.05, 0.1) is 0 Å². The molecule has 0 aliphatic heterocycles. The molecule has 10 heteroatoms. The third-order valence-corrected chi connectivity index (χ3v) is 1.76. The molecule has 0 saturated carbocycles. The van der Waals surface area contributed by atoms with Crippen molar-refractivity contribution in [3.63, 3.8) is 0 Å². The summed E-state index contributed by atoms with van der Waals surface area (Å²) in [4.78, 5) is 20.8. The Morgan fingerprint density at radius 1 is 0.933 bits per heavy atom. The van der Waals surface area contributed by atoms with E-state index >= 15 is 0 Å². The highest BCUT2D eigenvalue weighted by Gasteiger charge is 2.66. The van der Waals surface area contributed by atoms with E-state index in [4.69, 9.17) is 25.5 Å². The lowest BCUT2D eigenvalue weighted by Gasteiger charge is -2.40. The van der Waals surface area contributed by atoms with E-state index in [1.807, 2.05) is 0 Å². The van der Waals surface area contributed by atoms with Crippen molar-refractivity contribution in [2.45, 2.75) is 17.2 Å². The number of carboxylic acids is 1. The number of carbonyl (C=O) groups is 2. The van der Waals surface area contributed by atoms with Crippen molar-refractivity contribution in [1.82, 2.24) is 0 Å². The van der Waals surface area contributed by atoms with E-state index < -0.39 is 29.1 Å². The van der Waals surface area contributed by atoms with Gasteiger partial charge in [0.15, 0.2) is 0 Å². The monoisotopic (exact) mass is 225 g/mol. The number of hydrogen-bond donors (Lipinski definition) is 8. The molecular weight excluding hydrogens is 214 g/mol. The van der Waals surface area contributed by atoms with E-state index in [-0.39, 0.29) is 0 Å². The maximum Gasteiger partial charge on any atom is 0.357 e. The molecule has 0 radical (unpaired) electrons. The molecule has 11 N–H and O–H groups in total. The van der Waals surface area contributed by atoms with Gasteiger partial charge in [-0.1, -0.05) is 0 Å². The fraction of sp³-hybridized carbons (Fsp3) is 0.600. The van der Waals surface area contributed by atoms with Crippen molar-refractivity contribution < 1.29 is 35.1 Å².